The molecule has 1 amide bonds. The molecule has 3 fully saturated rings. The minimum atomic E-state index is -4.40. The number of fused-ring (bicyclic) bond motifs is 2. The van der Waals surface area contributed by atoms with E-state index in [1.54, 1.807) is 0 Å². The molecular weight excluding hydrogens is 343 g/mol. The number of alkyl halides is 3. The van der Waals surface area contributed by atoms with Gasteiger partial charge in [-0.05, 0) is 62.3 Å². The summed E-state index contributed by atoms with van der Waals surface area (Å²) in [5, 5.41) is 6.69. The van der Waals surface area contributed by atoms with Crippen LogP contribution in [0, 0.1) is 17.8 Å². The average molecular weight is 369 g/mol. The molecule has 26 heavy (non-hydrogen) atoms. The molecule has 3 unspecified atom stereocenters. The van der Waals surface area contributed by atoms with Gasteiger partial charge in [-0.25, -0.2) is 0 Å². The molecule has 0 spiro atoms. The van der Waals surface area contributed by atoms with Crippen LogP contribution in [0.15, 0.2) is 6.07 Å². The normalized spacial score (nSPS) is 27.9. The van der Waals surface area contributed by atoms with E-state index in [4.69, 9.17) is 0 Å². The number of rotatable bonds is 7. The fourth-order valence-electron chi connectivity index (χ4n) is 4.85. The Labute approximate surface area is 151 Å². The Hall–Kier alpha value is -1.53. The van der Waals surface area contributed by atoms with Crippen molar-refractivity contribution in [3.63, 3.8) is 0 Å². The molecule has 4 rings (SSSR count). The molecule has 0 saturated heterocycles. The van der Waals surface area contributed by atoms with Gasteiger partial charge in [0.2, 0.25) is 5.91 Å². The van der Waals surface area contributed by atoms with Crippen molar-refractivity contribution in [2.75, 3.05) is 6.54 Å². The van der Waals surface area contributed by atoms with E-state index in [1.807, 2.05) is 0 Å². The molecule has 144 valence electrons. The first kappa shape index (κ1) is 17.9. The van der Waals surface area contributed by atoms with E-state index in [1.165, 1.54) is 36.4 Å². The van der Waals surface area contributed by atoms with Gasteiger partial charge < -0.3 is 5.32 Å². The fraction of sp³-hybridized carbons (Fsp3) is 0.789. The van der Waals surface area contributed by atoms with Crippen molar-refractivity contribution in [1.29, 1.82) is 0 Å². The van der Waals surface area contributed by atoms with Crippen LogP contribution in [-0.4, -0.2) is 22.2 Å². The van der Waals surface area contributed by atoms with Crippen LogP contribution < -0.4 is 5.32 Å². The number of aryl methyl sites for hydroxylation is 1. The number of aromatic nitrogens is 2. The van der Waals surface area contributed by atoms with Crippen LogP contribution >= 0.6 is 0 Å². The predicted octanol–water partition coefficient (Wildman–Crippen LogP) is 4.11. The second-order valence-electron chi connectivity index (χ2n) is 8.29. The lowest BCUT2D eigenvalue weighted by Gasteiger charge is -2.20. The molecule has 0 radical (unpaired) electrons. The summed E-state index contributed by atoms with van der Waals surface area (Å²) in [4.78, 5) is 12.1. The molecule has 3 aliphatic carbocycles. The molecule has 3 saturated carbocycles. The third-order valence-corrected chi connectivity index (χ3v) is 6.30. The number of halogens is 3. The van der Waals surface area contributed by atoms with Crippen LogP contribution in [0.1, 0.15) is 68.7 Å². The van der Waals surface area contributed by atoms with Crippen LogP contribution in [-0.2, 0) is 17.5 Å². The fourth-order valence-corrected chi connectivity index (χ4v) is 4.85. The van der Waals surface area contributed by atoms with E-state index in [0.717, 1.165) is 24.7 Å². The first-order valence-electron chi connectivity index (χ1n) is 9.82. The van der Waals surface area contributed by atoms with Crippen molar-refractivity contribution in [3.05, 3.63) is 17.5 Å². The van der Waals surface area contributed by atoms with Crippen LogP contribution in [0.2, 0.25) is 0 Å². The van der Waals surface area contributed by atoms with E-state index in [0.29, 0.717) is 37.5 Å². The van der Waals surface area contributed by atoms with Gasteiger partial charge in [0.25, 0.3) is 0 Å². The largest absolute Gasteiger partial charge is 0.435 e. The predicted molar refractivity (Wildman–Crippen MR) is 90.4 cm³/mol. The molecule has 1 N–H and O–H groups in total. The Morgan fingerprint density at radius 1 is 1.23 bits per heavy atom. The minimum absolute atomic E-state index is 0.0846. The monoisotopic (exact) mass is 369 g/mol. The topological polar surface area (TPSA) is 46.9 Å². The highest BCUT2D eigenvalue weighted by molar-refractivity contribution is 5.76. The highest BCUT2D eigenvalue weighted by Gasteiger charge is 2.40. The van der Waals surface area contributed by atoms with Crippen molar-refractivity contribution in [2.45, 2.75) is 70.0 Å². The maximum atomic E-state index is 12.9. The van der Waals surface area contributed by atoms with Crippen molar-refractivity contribution in [2.24, 2.45) is 17.8 Å². The number of carbonyl (C=O) groups is 1. The lowest BCUT2D eigenvalue weighted by molar-refractivity contribution is -0.141. The van der Waals surface area contributed by atoms with Crippen molar-refractivity contribution in [1.82, 2.24) is 15.1 Å². The summed E-state index contributed by atoms with van der Waals surface area (Å²) < 4.78 is 40.1. The molecule has 1 heterocycles. The van der Waals surface area contributed by atoms with Crippen LogP contribution in [0.5, 0.6) is 0 Å². The number of nitrogens with zero attached hydrogens (tertiary/aromatic N) is 2. The molecule has 4 nitrogen and oxygen atoms in total. The zero-order valence-corrected chi connectivity index (χ0v) is 14.9. The Morgan fingerprint density at radius 2 is 2.04 bits per heavy atom. The number of hydrogen-bond acceptors (Lipinski definition) is 2. The summed E-state index contributed by atoms with van der Waals surface area (Å²) in [6, 6.07) is 1.19. The summed E-state index contributed by atoms with van der Waals surface area (Å²) in [6.45, 7) is 0.904. The molecule has 0 aliphatic heterocycles. The van der Waals surface area contributed by atoms with Crippen LogP contribution in [0.3, 0.4) is 0 Å². The molecule has 2 bridgehead atoms. The van der Waals surface area contributed by atoms with Gasteiger partial charge in [-0.15, -0.1) is 0 Å². The maximum Gasteiger partial charge on any atom is 0.435 e. The number of hydrogen-bond donors (Lipinski definition) is 1. The molecule has 1 aromatic heterocycles. The molecule has 7 heteroatoms. The summed E-state index contributed by atoms with van der Waals surface area (Å²) >= 11 is 0. The Morgan fingerprint density at radius 3 is 2.65 bits per heavy atom. The quantitative estimate of drug-likeness (QED) is 0.735. The Kier molecular flexibility index (Phi) is 4.73. The molecular formula is C19H26F3N3O. The summed E-state index contributed by atoms with van der Waals surface area (Å²) in [7, 11) is 0. The number of carbonyl (C=O) groups excluding carboxylic acids is 1. The molecule has 3 aliphatic rings. The Balaban J connectivity index is 1.23. The van der Waals surface area contributed by atoms with Gasteiger partial charge in [-0.3, -0.25) is 9.48 Å². The third kappa shape index (κ3) is 3.91. The first-order valence-corrected chi connectivity index (χ1v) is 9.82. The SMILES string of the molecule is O=C(CC1CC2CCC1C2)NCCCn1nc(C(F)(F)F)cc1C1CC1. The molecule has 0 aromatic carbocycles. The molecule has 3 atom stereocenters. The first-order chi connectivity index (χ1) is 12.4. The molecule has 1 aromatic rings. The summed E-state index contributed by atoms with van der Waals surface area (Å²) in [6.07, 6.45) is 3.76. The highest BCUT2D eigenvalue weighted by Crippen LogP contribution is 2.49. The van der Waals surface area contributed by atoms with E-state index in [2.05, 4.69) is 10.4 Å². The highest BCUT2D eigenvalue weighted by atomic mass is 19.4. The minimum Gasteiger partial charge on any atom is -0.356 e. The van der Waals surface area contributed by atoms with E-state index < -0.39 is 11.9 Å². The maximum absolute atomic E-state index is 12.9. The average Bonchev–Trinajstić information content (AvgIpc) is 3.01. The number of nitrogens with one attached hydrogen (secondary N) is 1. The second kappa shape index (κ2) is 6.89. The van der Waals surface area contributed by atoms with Gasteiger partial charge in [0.05, 0.1) is 0 Å². The van der Waals surface area contributed by atoms with Crippen LogP contribution in [0.4, 0.5) is 13.2 Å². The standard InChI is InChI=1S/C19H26F3N3O/c20-19(21,22)17-11-16(13-4-5-13)25(24-17)7-1-6-23-18(26)10-15-9-12-2-3-14(15)8-12/h11-15H,1-10H2,(H,23,26). The van der Waals surface area contributed by atoms with Gasteiger partial charge in [-0.2, -0.15) is 18.3 Å². The zero-order chi connectivity index (χ0) is 18.3. The van der Waals surface area contributed by atoms with Gasteiger partial charge in [0.15, 0.2) is 5.69 Å². The lowest BCUT2D eigenvalue weighted by atomic mass is 9.86. The van der Waals surface area contributed by atoms with Crippen molar-refractivity contribution < 1.29 is 18.0 Å². The van der Waals surface area contributed by atoms with Crippen molar-refractivity contribution >= 4 is 5.91 Å². The number of amides is 1. The third-order valence-electron chi connectivity index (χ3n) is 6.30. The van der Waals surface area contributed by atoms with Gasteiger partial charge >= 0.3 is 6.18 Å². The van der Waals surface area contributed by atoms with Gasteiger partial charge in [0.1, 0.15) is 0 Å². The van der Waals surface area contributed by atoms with E-state index in [9.17, 15) is 18.0 Å². The smallest absolute Gasteiger partial charge is 0.356 e. The summed E-state index contributed by atoms with van der Waals surface area (Å²) in [5.74, 6) is 2.40. The van der Waals surface area contributed by atoms with E-state index >= 15 is 0 Å². The summed E-state index contributed by atoms with van der Waals surface area (Å²) in [5.41, 5.74) is -0.120. The second-order valence-corrected chi connectivity index (χ2v) is 8.29. The lowest BCUT2D eigenvalue weighted by Crippen LogP contribution is -2.28. The van der Waals surface area contributed by atoms with Gasteiger partial charge in [0, 0.05) is 31.1 Å². The Bertz CT molecular complexity index is 665. The van der Waals surface area contributed by atoms with E-state index in [-0.39, 0.29) is 11.8 Å². The van der Waals surface area contributed by atoms with Crippen molar-refractivity contribution in [3.8, 4) is 0 Å². The van der Waals surface area contributed by atoms with Crippen LogP contribution in [0.25, 0.3) is 0 Å². The van der Waals surface area contributed by atoms with Gasteiger partial charge in [-0.1, -0.05) is 6.42 Å². The zero-order valence-electron chi connectivity index (χ0n) is 14.9.